The van der Waals surface area contributed by atoms with Gasteiger partial charge in [-0.25, -0.2) is 4.79 Å². The highest BCUT2D eigenvalue weighted by Crippen LogP contribution is 2.27. The molecule has 0 saturated heterocycles. The van der Waals surface area contributed by atoms with Gasteiger partial charge in [0, 0.05) is 18.2 Å². The number of rotatable bonds is 7. The van der Waals surface area contributed by atoms with E-state index in [0.717, 1.165) is 13.0 Å². The lowest BCUT2D eigenvalue weighted by Crippen LogP contribution is -2.31. The zero-order valence-electron chi connectivity index (χ0n) is 9.70. The lowest BCUT2D eigenvalue weighted by atomic mass is 10.1. The predicted molar refractivity (Wildman–Crippen MR) is 60.8 cm³/mol. The third-order valence-corrected chi connectivity index (χ3v) is 2.75. The summed E-state index contributed by atoms with van der Waals surface area (Å²) in [6, 6.07) is 0.611. The summed E-state index contributed by atoms with van der Waals surface area (Å²) in [6.07, 6.45) is 3.55. The monoisotopic (exact) mass is 211 g/mol. The normalized spacial score (nSPS) is 16.0. The van der Waals surface area contributed by atoms with Crippen LogP contribution in [-0.4, -0.2) is 35.1 Å². The van der Waals surface area contributed by atoms with Gasteiger partial charge in [-0.3, -0.25) is 4.90 Å². The molecule has 0 spiro atoms. The van der Waals surface area contributed by atoms with Crippen LogP contribution in [0.15, 0.2) is 12.2 Å². The molecule has 1 N–H and O–H groups in total. The number of hydrogen-bond donors (Lipinski definition) is 1. The molecule has 0 aromatic heterocycles. The predicted octanol–water partition coefficient (Wildman–Crippen LogP) is 2.14. The van der Waals surface area contributed by atoms with Crippen LogP contribution < -0.4 is 0 Å². The van der Waals surface area contributed by atoms with Gasteiger partial charge in [-0.15, -0.1) is 0 Å². The van der Waals surface area contributed by atoms with Gasteiger partial charge in [0.25, 0.3) is 0 Å². The van der Waals surface area contributed by atoms with E-state index in [4.69, 9.17) is 5.11 Å². The van der Waals surface area contributed by atoms with E-state index in [9.17, 15) is 4.79 Å². The van der Waals surface area contributed by atoms with Crippen LogP contribution in [0, 0.1) is 5.92 Å². The Labute approximate surface area is 91.8 Å². The van der Waals surface area contributed by atoms with Crippen LogP contribution in [-0.2, 0) is 4.79 Å². The number of nitrogens with zero attached hydrogens (tertiary/aromatic N) is 1. The Balaban J connectivity index is 2.37. The standard InChI is InChI=1S/C12H21NO2/c1-9(2)6-7-13(11-4-5-11)8-10(3)12(14)15/h9,11H,3-8H2,1-2H3,(H,14,15). The van der Waals surface area contributed by atoms with Crippen molar-refractivity contribution in [1.29, 1.82) is 0 Å². The van der Waals surface area contributed by atoms with Crippen molar-refractivity contribution in [3.05, 3.63) is 12.2 Å². The summed E-state index contributed by atoms with van der Waals surface area (Å²) in [4.78, 5) is 13.0. The molecule has 0 radical (unpaired) electrons. The van der Waals surface area contributed by atoms with Crippen molar-refractivity contribution < 1.29 is 9.90 Å². The fraction of sp³-hybridized carbons (Fsp3) is 0.750. The van der Waals surface area contributed by atoms with Gasteiger partial charge < -0.3 is 5.11 Å². The number of carboxylic acid groups (broad SMARTS) is 1. The smallest absolute Gasteiger partial charge is 0.332 e. The molecular weight excluding hydrogens is 190 g/mol. The molecule has 0 unspecified atom stereocenters. The van der Waals surface area contributed by atoms with E-state index in [2.05, 4.69) is 25.3 Å². The zero-order valence-corrected chi connectivity index (χ0v) is 9.70. The first-order chi connectivity index (χ1) is 7.00. The van der Waals surface area contributed by atoms with E-state index in [1.54, 1.807) is 0 Å². The topological polar surface area (TPSA) is 40.5 Å². The van der Waals surface area contributed by atoms with Crippen molar-refractivity contribution in [2.75, 3.05) is 13.1 Å². The number of aliphatic carboxylic acids is 1. The first kappa shape index (κ1) is 12.2. The van der Waals surface area contributed by atoms with Crippen LogP contribution in [0.4, 0.5) is 0 Å². The third kappa shape index (κ3) is 4.47. The van der Waals surface area contributed by atoms with Crippen LogP contribution >= 0.6 is 0 Å². The Bertz CT molecular complexity index is 244. The molecule has 0 atom stereocenters. The lowest BCUT2D eigenvalue weighted by Gasteiger charge is -2.22. The van der Waals surface area contributed by atoms with Crippen LogP contribution in [0.25, 0.3) is 0 Å². The molecule has 1 aliphatic carbocycles. The number of carbonyl (C=O) groups is 1. The maximum Gasteiger partial charge on any atom is 0.332 e. The molecule has 3 heteroatoms. The van der Waals surface area contributed by atoms with Gasteiger partial charge in [0.1, 0.15) is 0 Å². The van der Waals surface area contributed by atoms with E-state index in [0.29, 0.717) is 24.1 Å². The van der Waals surface area contributed by atoms with Gasteiger partial charge in [0.2, 0.25) is 0 Å². The summed E-state index contributed by atoms with van der Waals surface area (Å²) in [5.74, 6) is -0.199. The van der Waals surface area contributed by atoms with E-state index in [1.165, 1.54) is 12.8 Å². The summed E-state index contributed by atoms with van der Waals surface area (Å²) in [7, 11) is 0. The van der Waals surface area contributed by atoms with Gasteiger partial charge in [0.05, 0.1) is 0 Å². The van der Waals surface area contributed by atoms with Crippen molar-refractivity contribution in [1.82, 2.24) is 4.90 Å². The molecule has 0 aliphatic heterocycles. The maximum absolute atomic E-state index is 10.7. The van der Waals surface area contributed by atoms with Crippen molar-refractivity contribution in [3.8, 4) is 0 Å². The SMILES string of the molecule is C=C(CN(CCC(C)C)C1CC1)C(=O)O. The summed E-state index contributed by atoms with van der Waals surface area (Å²) in [5, 5.41) is 8.78. The quantitative estimate of drug-likeness (QED) is 0.656. The van der Waals surface area contributed by atoms with E-state index in [1.807, 2.05) is 0 Å². The van der Waals surface area contributed by atoms with Crippen LogP contribution in [0.2, 0.25) is 0 Å². The average Bonchev–Trinajstić information content (AvgIpc) is 2.94. The fourth-order valence-corrected chi connectivity index (χ4v) is 1.57. The summed E-state index contributed by atoms with van der Waals surface area (Å²) >= 11 is 0. The molecule has 0 amide bonds. The molecule has 0 heterocycles. The summed E-state index contributed by atoms with van der Waals surface area (Å²) in [5.41, 5.74) is 0.311. The van der Waals surface area contributed by atoms with E-state index in [-0.39, 0.29) is 0 Å². The maximum atomic E-state index is 10.7. The van der Waals surface area contributed by atoms with Crippen LogP contribution in [0.3, 0.4) is 0 Å². The molecule has 86 valence electrons. The first-order valence-electron chi connectivity index (χ1n) is 5.65. The van der Waals surface area contributed by atoms with Crippen LogP contribution in [0.5, 0.6) is 0 Å². The Hall–Kier alpha value is -0.830. The summed E-state index contributed by atoms with van der Waals surface area (Å²) in [6.45, 7) is 9.49. The Kier molecular flexibility index (Phi) is 4.33. The zero-order chi connectivity index (χ0) is 11.4. The highest BCUT2D eigenvalue weighted by atomic mass is 16.4. The molecule has 15 heavy (non-hydrogen) atoms. The molecule has 3 nitrogen and oxygen atoms in total. The summed E-state index contributed by atoms with van der Waals surface area (Å²) < 4.78 is 0. The molecular formula is C12H21NO2. The molecule has 0 aromatic carbocycles. The third-order valence-electron chi connectivity index (χ3n) is 2.75. The van der Waals surface area contributed by atoms with Gasteiger partial charge in [-0.05, 0) is 31.7 Å². The minimum atomic E-state index is -0.870. The van der Waals surface area contributed by atoms with Gasteiger partial charge >= 0.3 is 5.97 Å². The first-order valence-corrected chi connectivity index (χ1v) is 5.65. The number of hydrogen-bond acceptors (Lipinski definition) is 2. The lowest BCUT2D eigenvalue weighted by molar-refractivity contribution is -0.132. The second-order valence-electron chi connectivity index (χ2n) is 4.79. The molecule has 1 aliphatic rings. The minimum absolute atomic E-state index is 0.311. The second kappa shape index (κ2) is 5.31. The van der Waals surface area contributed by atoms with E-state index >= 15 is 0 Å². The molecule has 0 bridgehead atoms. The largest absolute Gasteiger partial charge is 0.478 e. The van der Waals surface area contributed by atoms with E-state index < -0.39 is 5.97 Å². The van der Waals surface area contributed by atoms with Gasteiger partial charge in [-0.1, -0.05) is 20.4 Å². The Morgan fingerprint density at radius 1 is 1.53 bits per heavy atom. The molecule has 1 saturated carbocycles. The Morgan fingerprint density at radius 3 is 2.53 bits per heavy atom. The van der Waals surface area contributed by atoms with Gasteiger partial charge in [0.15, 0.2) is 0 Å². The number of carboxylic acids is 1. The van der Waals surface area contributed by atoms with Crippen molar-refractivity contribution in [2.24, 2.45) is 5.92 Å². The van der Waals surface area contributed by atoms with Crippen molar-refractivity contribution >= 4 is 5.97 Å². The van der Waals surface area contributed by atoms with Crippen molar-refractivity contribution in [3.63, 3.8) is 0 Å². The average molecular weight is 211 g/mol. The fourth-order valence-electron chi connectivity index (χ4n) is 1.57. The highest BCUT2D eigenvalue weighted by molar-refractivity contribution is 5.86. The molecule has 0 aromatic rings. The minimum Gasteiger partial charge on any atom is -0.478 e. The van der Waals surface area contributed by atoms with Crippen molar-refractivity contribution in [2.45, 2.75) is 39.2 Å². The second-order valence-corrected chi connectivity index (χ2v) is 4.79. The molecule has 1 rings (SSSR count). The molecule has 1 fully saturated rings. The van der Waals surface area contributed by atoms with Crippen LogP contribution in [0.1, 0.15) is 33.1 Å². The Morgan fingerprint density at radius 2 is 2.13 bits per heavy atom. The van der Waals surface area contributed by atoms with Gasteiger partial charge in [-0.2, -0.15) is 0 Å². The highest BCUT2D eigenvalue weighted by Gasteiger charge is 2.29.